The van der Waals surface area contributed by atoms with Gasteiger partial charge in [-0.25, -0.2) is 4.74 Å². The standard InChI is InChI=1S/C8H10N2O/c1-7-3-4-9-8(5-7)6-10(2)11/h3-6H,1-2H3/b10-6-. The van der Waals surface area contributed by atoms with Crippen LogP contribution >= 0.6 is 0 Å². The fourth-order valence-electron chi connectivity index (χ4n) is 0.816. The first-order valence-electron chi connectivity index (χ1n) is 3.36. The Morgan fingerprint density at radius 3 is 2.91 bits per heavy atom. The third-order valence-corrected chi connectivity index (χ3v) is 1.25. The largest absolute Gasteiger partial charge is 0.624 e. The minimum Gasteiger partial charge on any atom is -0.624 e. The predicted octanol–water partition coefficient (Wildman–Crippen LogP) is 0.949. The van der Waals surface area contributed by atoms with Crippen molar-refractivity contribution in [1.82, 2.24) is 4.98 Å². The van der Waals surface area contributed by atoms with E-state index in [-0.39, 0.29) is 0 Å². The molecule has 58 valence electrons. The second-order valence-corrected chi connectivity index (χ2v) is 2.43. The first kappa shape index (κ1) is 7.72. The molecular formula is C8H10N2O. The van der Waals surface area contributed by atoms with Crippen LogP contribution in [0.15, 0.2) is 18.3 Å². The summed E-state index contributed by atoms with van der Waals surface area (Å²) in [5, 5.41) is 10.5. The summed E-state index contributed by atoms with van der Waals surface area (Å²) in [6.45, 7) is 1.96. The van der Waals surface area contributed by atoms with Crippen molar-refractivity contribution >= 4 is 6.21 Å². The smallest absolute Gasteiger partial charge is 0.200 e. The van der Waals surface area contributed by atoms with Crippen molar-refractivity contribution in [2.75, 3.05) is 7.05 Å². The zero-order valence-corrected chi connectivity index (χ0v) is 6.61. The van der Waals surface area contributed by atoms with Crippen molar-refractivity contribution in [3.8, 4) is 0 Å². The summed E-state index contributed by atoms with van der Waals surface area (Å²) in [6.07, 6.45) is 3.12. The van der Waals surface area contributed by atoms with E-state index in [1.165, 1.54) is 13.3 Å². The van der Waals surface area contributed by atoms with Gasteiger partial charge in [-0.05, 0) is 24.6 Å². The van der Waals surface area contributed by atoms with Crippen LogP contribution < -0.4 is 0 Å². The van der Waals surface area contributed by atoms with Crippen molar-refractivity contribution in [1.29, 1.82) is 0 Å². The van der Waals surface area contributed by atoms with Crippen LogP contribution in [0.25, 0.3) is 0 Å². The third-order valence-electron chi connectivity index (χ3n) is 1.25. The van der Waals surface area contributed by atoms with Gasteiger partial charge in [-0.3, -0.25) is 4.98 Å². The SMILES string of the molecule is Cc1ccnc(/C=[N+](/C)[O-])c1. The molecule has 0 saturated heterocycles. The quantitative estimate of drug-likeness (QED) is 0.259. The van der Waals surface area contributed by atoms with Gasteiger partial charge in [-0.15, -0.1) is 0 Å². The van der Waals surface area contributed by atoms with Gasteiger partial charge in [-0.2, -0.15) is 0 Å². The molecule has 0 aliphatic heterocycles. The van der Waals surface area contributed by atoms with Crippen molar-refractivity contribution < 1.29 is 4.74 Å². The van der Waals surface area contributed by atoms with E-state index in [0.717, 1.165) is 10.3 Å². The number of rotatable bonds is 1. The fourth-order valence-corrected chi connectivity index (χ4v) is 0.816. The molecule has 0 saturated carbocycles. The molecule has 0 aliphatic rings. The van der Waals surface area contributed by atoms with E-state index < -0.39 is 0 Å². The van der Waals surface area contributed by atoms with E-state index in [1.807, 2.05) is 19.1 Å². The van der Waals surface area contributed by atoms with Crippen molar-refractivity contribution in [2.24, 2.45) is 0 Å². The summed E-state index contributed by atoms with van der Waals surface area (Å²) in [4.78, 5) is 3.98. The minimum atomic E-state index is 0.697. The van der Waals surface area contributed by atoms with Gasteiger partial charge in [0.15, 0.2) is 6.21 Å². The molecule has 3 nitrogen and oxygen atoms in total. The molecule has 1 aromatic heterocycles. The second kappa shape index (κ2) is 3.14. The zero-order chi connectivity index (χ0) is 8.27. The Morgan fingerprint density at radius 2 is 2.36 bits per heavy atom. The van der Waals surface area contributed by atoms with Crippen molar-refractivity contribution in [3.63, 3.8) is 0 Å². The molecule has 0 aromatic carbocycles. The average Bonchev–Trinajstić information content (AvgIpc) is 1.85. The molecule has 0 radical (unpaired) electrons. The monoisotopic (exact) mass is 150 g/mol. The van der Waals surface area contributed by atoms with Crippen LogP contribution in [-0.2, 0) is 0 Å². The summed E-state index contributed by atoms with van der Waals surface area (Å²) >= 11 is 0. The molecule has 0 bridgehead atoms. The molecule has 0 N–H and O–H groups in total. The van der Waals surface area contributed by atoms with Gasteiger partial charge in [0.05, 0.1) is 0 Å². The maximum atomic E-state index is 10.5. The third kappa shape index (κ3) is 2.37. The molecule has 0 amide bonds. The number of aryl methyl sites for hydroxylation is 1. The highest BCUT2D eigenvalue weighted by Crippen LogP contribution is 1.96. The molecule has 0 atom stereocenters. The van der Waals surface area contributed by atoms with Gasteiger partial charge in [0.2, 0.25) is 0 Å². The Labute approximate surface area is 65.6 Å². The van der Waals surface area contributed by atoms with E-state index in [1.54, 1.807) is 6.20 Å². The number of nitrogens with zero attached hydrogens (tertiary/aromatic N) is 2. The highest BCUT2D eigenvalue weighted by Gasteiger charge is 1.92. The lowest BCUT2D eigenvalue weighted by Crippen LogP contribution is -1.99. The van der Waals surface area contributed by atoms with Crippen LogP contribution in [0.2, 0.25) is 0 Å². The zero-order valence-electron chi connectivity index (χ0n) is 6.61. The Bertz CT molecular complexity index is 277. The molecule has 0 spiro atoms. The Hall–Kier alpha value is -1.38. The van der Waals surface area contributed by atoms with Crippen LogP contribution in [0, 0.1) is 12.1 Å². The van der Waals surface area contributed by atoms with Crippen molar-refractivity contribution in [2.45, 2.75) is 6.92 Å². The van der Waals surface area contributed by atoms with Gasteiger partial charge in [0.25, 0.3) is 0 Å². The van der Waals surface area contributed by atoms with Crippen LogP contribution in [0.5, 0.6) is 0 Å². The highest BCUT2D eigenvalue weighted by molar-refractivity contribution is 5.72. The second-order valence-electron chi connectivity index (χ2n) is 2.43. The number of aromatic nitrogens is 1. The summed E-state index contributed by atoms with van der Waals surface area (Å²) in [6, 6.07) is 3.75. The summed E-state index contributed by atoms with van der Waals surface area (Å²) < 4.78 is 0.738. The van der Waals surface area contributed by atoms with E-state index in [0.29, 0.717) is 5.69 Å². The van der Waals surface area contributed by atoms with Gasteiger partial charge in [0.1, 0.15) is 12.7 Å². The van der Waals surface area contributed by atoms with Crippen LogP contribution in [0.3, 0.4) is 0 Å². The van der Waals surface area contributed by atoms with Crippen LogP contribution in [0.1, 0.15) is 11.3 Å². The molecule has 1 aromatic rings. The first-order chi connectivity index (χ1) is 5.18. The topological polar surface area (TPSA) is 39.0 Å². The van der Waals surface area contributed by atoms with Gasteiger partial charge >= 0.3 is 0 Å². The van der Waals surface area contributed by atoms with E-state index in [9.17, 15) is 5.21 Å². The van der Waals surface area contributed by atoms with Crippen LogP contribution in [-0.4, -0.2) is 23.0 Å². The number of hydroxylamine groups is 1. The lowest BCUT2D eigenvalue weighted by atomic mass is 10.2. The molecule has 1 rings (SSSR count). The summed E-state index contributed by atoms with van der Waals surface area (Å²) in [5.41, 5.74) is 1.80. The summed E-state index contributed by atoms with van der Waals surface area (Å²) in [7, 11) is 1.43. The molecule has 1 heterocycles. The van der Waals surface area contributed by atoms with Crippen molar-refractivity contribution in [3.05, 3.63) is 34.8 Å². The number of hydrogen-bond donors (Lipinski definition) is 0. The Balaban J connectivity index is 2.97. The number of pyridine rings is 1. The van der Waals surface area contributed by atoms with Gasteiger partial charge in [0, 0.05) is 6.20 Å². The molecule has 3 heteroatoms. The van der Waals surface area contributed by atoms with E-state index in [2.05, 4.69) is 4.98 Å². The van der Waals surface area contributed by atoms with Gasteiger partial charge < -0.3 is 5.21 Å². The Morgan fingerprint density at radius 1 is 1.64 bits per heavy atom. The van der Waals surface area contributed by atoms with E-state index in [4.69, 9.17) is 0 Å². The predicted molar refractivity (Wildman–Crippen MR) is 43.7 cm³/mol. The molecule has 11 heavy (non-hydrogen) atoms. The maximum Gasteiger partial charge on any atom is 0.200 e. The fraction of sp³-hybridized carbons (Fsp3) is 0.250. The number of hydrogen-bond acceptors (Lipinski definition) is 2. The lowest BCUT2D eigenvalue weighted by Gasteiger charge is -1.95. The minimum absolute atomic E-state index is 0.697. The first-order valence-corrected chi connectivity index (χ1v) is 3.36. The average molecular weight is 150 g/mol. The Kier molecular flexibility index (Phi) is 2.21. The molecule has 0 unspecified atom stereocenters. The van der Waals surface area contributed by atoms with Gasteiger partial charge in [-0.1, -0.05) is 0 Å². The normalized spacial score (nSPS) is 11.6. The lowest BCUT2D eigenvalue weighted by molar-refractivity contribution is -0.416. The molecule has 0 aliphatic carbocycles. The van der Waals surface area contributed by atoms with Crippen LogP contribution in [0.4, 0.5) is 0 Å². The molecule has 0 fully saturated rings. The summed E-state index contributed by atoms with van der Waals surface area (Å²) in [5.74, 6) is 0. The van der Waals surface area contributed by atoms with E-state index >= 15 is 0 Å². The highest BCUT2D eigenvalue weighted by atomic mass is 16.5. The molecular weight excluding hydrogens is 140 g/mol. The maximum absolute atomic E-state index is 10.5.